The summed E-state index contributed by atoms with van der Waals surface area (Å²) in [4.78, 5) is 0. The van der Waals surface area contributed by atoms with Gasteiger partial charge in [-0.25, -0.2) is 0 Å². The second kappa shape index (κ2) is 10.7. The first-order valence-electron chi connectivity index (χ1n) is 7.22. The molecule has 21 heavy (non-hydrogen) atoms. The molecule has 0 amide bonds. The Morgan fingerprint density at radius 3 is 1.00 bits per heavy atom. The molecule has 0 fully saturated rings. The Bertz CT molecular complexity index is 437. The van der Waals surface area contributed by atoms with Crippen LogP contribution < -0.4 is 0 Å². The zero-order valence-corrected chi connectivity index (χ0v) is 13.8. The van der Waals surface area contributed by atoms with Crippen LogP contribution in [0.15, 0.2) is 73.8 Å². The first-order valence-corrected chi connectivity index (χ1v) is 7.22. The summed E-state index contributed by atoms with van der Waals surface area (Å²) >= 11 is 0. The highest BCUT2D eigenvalue weighted by atomic mass is 14.0. The molecule has 0 bridgehead atoms. The number of hydrogen-bond donors (Lipinski definition) is 0. The summed E-state index contributed by atoms with van der Waals surface area (Å²) in [6, 6.07) is 20.1. The zero-order chi connectivity index (χ0) is 16.1. The highest BCUT2D eigenvalue weighted by Crippen LogP contribution is 2.08. The summed E-state index contributed by atoms with van der Waals surface area (Å²) in [5.41, 5.74) is 2.85. The number of benzene rings is 2. The van der Waals surface area contributed by atoms with Gasteiger partial charge in [0.15, 0.2) is 0 Å². The van der Waals surface area contributed by atoms with E-state index in [1.165, 1.54) is 11.1 Å². The van der Waals surface area contributed by atoms with Crippen LogP contribution in [0.2, 0.25) is 0 Å². The fourth-order valence-electron chi connectivity index (χ4n) is 1.18. The molecule has 0 spiro atoms. The first kappa shape index (κ1) is 18.9. The van der Waals surface area contributed by atoms with Crippen LogP contribution in [-0.2, 0) is 0 Å². The van der Waals surface area contributed by atoms with E-state index in [9.17, 15) is 0 Å². The van der Waals surface area contributed by atoms with Crippen molar-refractivity contribution in [3.63, 3.8) is 0 Å². The van der Waals surface area contributed by atoms with Crippen LogP contribution in [0.5, 0.6) is 0 Å². The van der Waals surface area contributed by atoms with Gasteiger partial charge in [0.1, 0.15) is 0 Å². The highest BCUT2D eigenvalue weighted by molar-refractivity contribution is 5.46. The van der Waals surface area contributed by atoms with Crippen LogP contribution in [-0.4, -0.2) is 0 Å². The molecular formula is C21H28. The third-order valence-electron chi connectivity index (χ3n) is 2.07. The van der Waals surface area contributed by atoms with Gasteiger partial charge in [0.2, 0.25) is 0 Å². The monoisotopic (exact) mass is 280 g/mol. The van der Waals surface area contributed by atoms with Crippen molar-refractivity contribution in [3.8, 4) is 0 Å². The molecule has 0 saturated carbocycles. The predicted molar refractivity (Wildman–Crippen MR) is 98.2 cm³/mol. The zero-order valence-electron chi connectivity index (χ0n) is 13.8. The van der Waals surface area contributed by atoms with Crippen LogP contribution in [0.4, 0.5) is 0 Å². The topological polar surface area (TPSA) is 0 Å². The maximum absolute atomic E-state index is 3.63. The third kappa shape index (κ3) is 14.1. The van der Waals surface area contributed by atoms with Crippen molar-refractivity contribution in [1.29, 1.82) is 0 Å². The molecule has 0 nitrogen and oxygen atoms in total. The Balaban J connectivity index is 0.000000296. The minimum absolute atomic E-state index is 0.500. The molecule has 112 valence electrons. The normalized spacial score (nSPS) is 9.33. The van der Waals surface area contributed by atoms with Gasteiger partial charge < -0.3 is 0 Å². The fraction of sp³-hybridized carbons (Fsp3) is 0.238. The molecule has 0 atom stereocenters. The molecule has 2 aromatic carbocycles. The number of rotatable bonds is 2. The fourth-order valence-corrected chi connectivity index (χ4v) is 1.18. The molecule has 0 aliphatic carbocycles. The van der Waals surface area contributed by atoms with E-state index in [-0.39, 0.29) is 0 Å². The SMILES string of the molecule is C=Cc1ccccc1.C=Cc1ccccc1.CC(C)(C)C. The lowest BCUT2D eigenvalue weighted by atomic mass is 10.0. The Hall–Kier alpha value is -2.08. The number of hydrogen-bond acceptors (Lipinski definition) is 0. The minimum Gasteiger partial charge on any atom is -0.0985 e. The van der Waals surface area contributed by atoms with E-state index in [0.717, 1.165) is 0 Å². The minimum atomic E-state index is 0.500. The summed E-state index contributed by atoms with van der Waals surface area (Å²) in [6.07, 6.45) is 3.67. The van der Waals surface area contributed by atoms with Gasteiger partial charge in [0, 0.05) is 0 Å². The van der Waals surface area contributed by atoms with Gasteiger partial charge in [-0.15, -0.1) is 0 Å². The van der Waals surface area contributed by atoms with Crippen molar-refractivity contribution < 1.29 is 0 Å². The standard InChI is InChI=1S/2C8H8.C5H12/c2*1-2-8-6-4-3-5-7-8;1-5(2,3)4/h2*2-7H,1H2;1-4H3. The van der Waals surface area contributed by atoms with Gasteiger partial charge in [-0.2, -0.15) is 0 Å². The summed E-state index contributed by atoms with van der Waals surface area (Å²) in [5, 5.41) is 0. The lowest BCUT2D eigenvalue weighted by Crippen LogP contribution is -1.93. The molecule has 0 radical (unpaired) electrons. The first-order chi connectivity index (χ1) is 9.86. The van der Waals surface area contributed by atoms with Crippen molar-refractivity contribution in [2.24, 2.45) is 5.41 Å². The molecule has 0 aliphatic heterocycles. The Labute approximate surface area is 130 Å². The van der Waals surface area contributed by atoms with Gasteiger partial charge >= 0.3 is 0 Å². The van der Waals surface area contributed by atoms with Crippen LogP contribution in [0.1, 0.15) is 38.8 Å². The maximum atomic E-state index is 3.63. The molecule has 0 N–H and O–H groups in total. The van der Waals surface area contributed by atoms with Crippen molar-refractivity contribution in [3.05, 3.63) is 84.9 Å². The van der Waals surface area contributed by atoms with E-state index in [1.54, 1.807) is 0 Å². The highest BCUT2D eigenvalue weighted by Gasteiger charge is 1.95. The molecule has 0 aromatic heterocycles. The molecule has 0 aliphatic rings. The van der Waals surface area contributed by atoms with E-state index in [1.807, 2.05) is 72.8 Å². The van der Waals surface area contributed by atoms with E-state index in [4.69, 9.17) is 0 Å². The average molecular weight is 280 g/mol. The van der Waals surface area contributed by atoms with Gasteiger partial charge in [0.05, 0.1) is 0 Å². The Morgan fingerprint density at radius 1 is 0.619 bits per heavy atom. The molecule has 0 saturated heterocycles. The van der Waals surface area contributed by atoms with Gasteiger partial charge in [-0.1, -0.05) is 114 Å². The largest absolute Gasteiger partial charge is 0.0985 e. The van der Waals surface area contributed by atoms with Crippen molar-refractivity contribution >= 4 is 12.2 Å². The molecule has 2 rings (SSSR count). The molecule has 2 aromatic rings. The molecular weight excluding hydrogens is 252 g/mol. The van der Waals surface area contributed by atoms with Crippen LogP contribution in [0.25, 0.3) is 12.2 Å². The summed E-state index contributed by atoms with van der Waals surface area (Å²) in [7, 11) is 0. The summed E-state index contributed by atoms with van der Waals surface area (Å²) in [6.45, 7) is 16.0. The van der Waals surface area contributed by atoms with Crippen LogP contribution >= 0.6 is 0 Å². The quantitative estimate of drug-likeness (QED) is 0.573. The second-order valence-corrected chi connectivity index (χ2v) is 6.23. The van der Waals surface area contributed by atoms with Gasteiger partial charge in [0.25, 0.3) is 0 Å². The van der Waals surface area contributed by atoms with Gasteiger partial charge in [-0.05, 0) is 16.5 Å². The van der Waals surface area contributed by atoms with E-state index in [0.29, 0.717) is 5.41 Å². The van der Waals surface area contributed by atoms with Crippen molar-refractivity contribution in [2.45, 2.75) is 27.7 Å². The molecule has 0 heterocycles. The van der Waals surface area contributed by atoms with Crippen molar-refractivity contribution in [2.75, 3.05) is 0 Å². The molecule has 0 unspecified atom stereocenters. The summed E-state index contributed by atoms with van der Waals surface area (Å²) in [5.74, 6) is 0. The van der Waals surface area contributed by atoms with Crippen LogP contribution in [0, 0.1) is 5.41 Å². The smallest absolute Gasteiger partial charge is 0.0263 e. The summed E-state index contributed by atoms with van der Waals surface area (Å²) < 4.78 is 0. The maximum Gasteiger partial charge on any atom is -0.0263 e. The second-order valence-electron chi connectivity index (χ2n) is 6.23. The Kier molecular flexibility index (Phi) is 9.62. The third-order valence-corrected chi connectivity index (χ3v) is 2.07. The van der Waals surface area contributed by atoms with Crippen molar-refractivity contribution in [1.82, 2.24) is 0 Å². The van der Waals surface area contributed by atoms with E-state index in [2.05, 4.69) is 40.9 Å². The van der Waals surface area contributed by atoms with E-state index < -0.39 is 0 Å². The predicted octanol–water partition coefficient (Wildman–Crippen LogP) is 6.71. The van der Waals surface area contributed by atoms with Gasteiger partial charge in [-0.3, -0.25) is 0 Å². The Morgan fingerprint density at radius 2 is 0.857 bits per heavy atom. The lowest BCUT2D eigenvalue weighted by Gasteiger charge is -2.05. The van der Waals surface area contributed by atoms with E-state index >= 15 is 0 Å². The average Bonchev–Trinajstić information content (AvgIpc) is 2.48. The lowest BCUT2D eigenvalue weighted by molar-refractivity contribution is 0.469. The van der Waals surface area contributed by atoms with Crippen LogP contribution in [0.3, 0.4) is 0 Å². The molecule has 0 heteroatoms.